The normalized spacial score (nSPS) is 10.1. The number of methoxy groups -OCH3 is 1. The fourth-order valence-electron chi connectivity index (χ4n) is 1.72. The lowest BCUT2D eigenvalue weighted by Crippen LogP contribution is -2.11. The highest BCUT2D eigenvalue weighted by Gasteiger charge is 2.11. The first-order valence-electron chi connectivity index (χ1n) is 6.00. The number of anilines is 3. The molecule has 1 aromatic heterocycles. The molecule has 2 aromatic rings. The van der Waals surface area contributed by atoms with Gasteiger partial charge in [-0.1, -0.05) is 19.1 Å². The molecule has 6 heteroatoms. The summed E-state index contributed by atoms with van der Waals surface area (Å²) < 4.78 is 5.25. The summed E-state index contributed by atoms with van der Waals surface area (Å²) in [5.41, 5.74) is 4.68. The number of benzene rings is 1. The van der Waals surface area contributed by atoms with Crippen molar-refractivity contribution < 1.29 is 4.74 Å². The molecule has 0 spiro atoms. The fourth-order valence-corrected chi connectivity index (χ4v) is 1.72. The molecule has 19 heavy (non-hydrogen) atoms. The van der Waals surface area contributed by atoms with Crippen LogP contribution in [0.15, 0.2) is 30.6 Å². The molecule has 100 valence electrons. The number of aromatic nitrogens is 2. The van der Waals surface area contributed by atoms with Crippen molar-refractivity contribution in [3.63, 3.8) is 0 Å². The van der Waals surface area contributed by atoms with Crippen LogP contribution in [0.25, 0.3) is 0 Å². The van der Waals surface area contributed by atoms with Crippen LogP contribution < -0.4 is 21.3 Å². The van der Waals surface area contributed by atoms with Gasteiger partial charge in [-0.25, -0.2) is 15.8 Å². The van der Waals surface area contributed by atoms with Gasteiger partial charge in [-0.05, 0) is 24.1 Å². The molecule has 0 fully saturated rings. The Morgan fingerprint density at radius 1 is 1.16 bits per heavy atom. The van der Waals surface area contributed by atoms with E-state index in [1.165, 1.54) is 11.9 Å². The first kappa shape index (κ1) is 13.1. The Morgan fingerprint density at radius 3 is 2.42 bits per heavy atom. The second-order valence-corrected chi connectivity index (χ2v) is 3.92. The van der Waals surface area contributed by atoms with E-state index in [-0.39, 0.29) is 0 Å². The predicted octanol–water partition coefficient (Wildman–Crippen LogP) is 2.08. The van der Waals surface area contributed by atoms with Crippen LogP contribution in [0.3, 0.4) is 0 Å². The fraction of sp³-hybridized carbons (Fsp3) is 0.231. The number of nitrogens with zero attached hydrogens (tertiary/aromatic N) is 2. The number of aryl methyl sites for hydroxylation is 1. The van der Waals surface area contributed by atoms with Crippen LogP contribution in [0.4, 0.5) is 17.3 Å². The van der Waals surface area contributed by atoms with Gasteiger partial charge in [0.05, 0.1) is 7.11 Å². The van der Waals surface area contributed by atoms with Gasteiger partial charge in [-0.2, -0.15) is 0 Å². The molecule has 1 heterocycles. The highest BCUT2D eigenvalue weighted by molar-refractivity contribution is 5.69. The van der Waals surface area contributed by atoms with E-state index in [2.05, 4.69) is 39.8 Å². The third-order valence-electron chi connectivity index (χ3n) is 2.77. The first-order valence-corrected chi connectivity index (χ1v) is 6.00. The summed E-state index contributed by atoms with van der Waals surface area (Å²) in [6, 6.07) is 8.13. The minimum absolute atomic E-state index is 0.435. The molecular formula is C13H17N5O. The lowest BCUT2D eigenvalue weighted by molar-refractivity contribution is 0.415. The van der Waals surface area contributed by atoms with Crippen LogP contribution in [0.1, 0.15) is 12.5 Å². The van der Waals surface area contributed by atoms with E-state index in [4.69, 9.17) is 10.6 Å². The Balaban J connectivity index is 2.26. The van der Waals surface area contributed by atoms with Crippen LogP contribution in [0.2, 0.25) is 0 Å². The van der Waals surface area contributed by atoms with Gasteiger partial charge in [0.1, 0.15) is 6.33 Å². The summed E-state index contributed by atoms with van der Waals surface area (Å²) in [7, 11) is 1.55. The van der Waals surface area contributed by atoms with Crippen molar-refractivity contribution in [3.8, 4) is 5.75 Å². The second kappa shape index (κ2) is 6.01. The molecule has 0 saturated carbocycles. The lowest BCUT2D eigenvalue weighted by atomic mass is 10.1. The van der Waals surface area contributed by atoms with Gasteiger partial charge in [0.25, 0.3) is 0 Å². The lowest BCUT2D eigenvalue weighted by Gasteiger charge is -2.12. The van der Waals surface area contributed by atoms with Crippen molar-refractivity contribution in [2.45, 2.75) is 13.3 Å². The van der Waals surface area contributed by atoms with E-state index in [0.29, 0.717) is 17.4 Å². The number of nitrogen functional groups attached to an aromatic ring is 1. The van der Waals surface area contributed by atoms with Crippen LogP contribution >= 0.6 is 0 Å². The molecule has 2 rings (SSSR count). The minimum atomic E-state index is 0.435. The van der Waals surface area contributed by atoms with Crippen LogP contribution in [0, 0.1) is 0 Å². The summed E-state index contributed by atoms with van der Waals surface area (Å²) in [4.78, 5) is 8.14. The van der Waals surface area contributed by atoms with Crippen LogP contribution in [-0.2, 0) is 6.42 Å². The highest BCUT2D eigenvalue weighted by atomic mass is 16.5. The van der Waals surface area contributed by atoms with Crippen molar-refractivity contribution >= 4 is 17.3 Å². The Hall–Kier alpha value is -2.34. The molecule has 0 saturated heterocycles. The SMILES string of the molecule is CCc1ccc(Nc2ncnc(NN)c2OC)cc1. The molecule has 0 amide bonds. The average Bonchev–Trinajstić information content (AvgIpc) is 2.47. The van der Waals surface area contributed by atoms with Crippen molar-refractivity contribution in [2.75, 3.05) is 17.9 Å². The minimum Gasteiger partial charge on any atom is -0.490 e. The molecule has 0 aliphatic carbocycles. The molecule has 0 atom stereocenters. The molecular weight excluding hydrogens is 242 g/mol. The third-order valence-corrected chi connectivity index (χ3v) is 2.77. The Kier molecular flexibility index (Phi) is 4.15. The summed E-state index contributed by atoms with van der Waals surface area (Å²) in [5.74, 6) is 6.85. The van der Waals surface area contributed by atoms with Crippen molar-refractivity contribution in [1.29, 1.82) is 0 Å². The zero-order chi connectivity index (χ0) is 13.7. The van der Waals surface area contributed by atoms with Crippen LogP contribution in [-0.4, -0.2) is 17.1 Å². The van der Waals surface area contributed by atoms with E-state index in [1.54, 1.807) is 7.11 Å². The quantitative estimate of drug-likeness (QED) is 0.563. The summed E-state index contributed by atoms with van der Waals surface area (Å²) in [5, 5.41) is 3.18. The molecule has 0 aliphatic rings. The number of hydrazine groups is 1. The smallest absolute Gasteiger partial charge is 0.205 e. The number of nitrogens with two attached hydrogens (primary N) is 1. The standard InChI is InChI=1S/C13H17N5O/c1-3-9-4-6-10(7-5-9)17-12-11(19-2)13(18-14)16-8-15-12/h4-8H,3,14H2,1-2H3,(H2,15,16,17,18). The highest BCUT2D eigenvalue weighted by Crippen LogP contribution is 2.30. The van der Waals surface area contributed by atoms with E-state index in [0.717, 1.165) is 12.1 Å². The van der Waals surface area contributed by atoms with Gasteiger partial charge < -0.3 is 15.5 Å². The molecule has 1 aromatic carbocycles. The Labute approximate surface area is 112 Å². The second-order valence-electron chi connectivity index (χ2n) is 3.92. The van der Waals surface area contributed by atoms with Gasteiger partial charge in [-0.3, -0.25) is 0 Å². The maximum atomic E-state index is 5.38. The molecule has 6 nitrogen and oxygen atoms in total. The topological polar surface area (TPSA) is 85.1 Å². The monoisotopic (exact) mass is 259 g/mol. The van der Waals surface area contributed by atoms with E-state index in [9.17, 15) is 0 Å². The summed E-state index contributed by atoms with van der Waals surface area (Å²) >= 11 is 0. The number of nitrogens with one attached hydrogen (secondary N) is 2. The summed E-state index contributed by atoms with van der Waals surface area (Å²) in [6.45, 7) is 2.12. The third kappa shape index (κ3) is 2.92. The molecule has 4 N–H and O–H groups in total. The maximum absolute atomic E-state index is 5.38. The van der Waals surface area contributed by atoms with Gasteiger partial charge in [0, 0.05) is 5.69 Å². The van der Waals surface area contributed by atoms with Gasteiger partial charge in [0.2, 0.25) is 5.75 Å². The van der Waals surface area contributed by atoms with E-state index < -0.39 is 0 Å². The van der Waals surface area contributed by atoms with E-state index >= 15 is 0 Å². The zero-order valence-corrected chi connectivity index (χ0v) is 11.0. The molecule has 0 radical (unpaired) electrons. The van der Waals surface area contributed by atoms with Gasteiger partial charge >= 0.3 is 0 Å². The zero-order valence-electron chi connectivity index (χ0n) is 11.0. The molecule has 0 bridgehead atoms. The van der Waals surface area contributed by atoms with Gasteiger partial charge in [-0.15, -0.1) is 0 Å². The predicted molar refractivity (Wildman–Crippen MR) is 75.5 cm³/mol. The average molecular weight is 259 g/mol. The van der Waals surface area contributed by atoms with Crippen molar-refractivity contribution in [2.24, 2.45) is 5.84 Å². The number of hydrogen-bond acceptors (Lipinski definition) is 6. The Morgan fingerprint density at radius 2 is 1.84 bits per heavy atom. The van der Waals surface area contributed by atoms with Gasteiger partial charge in [0.15, 0.2) is 11.6 Å². The van der Waals surface area contributed by atoms with E-state index in [1.807, 2.05) is 12.1 Å². The Bertz CT molecular complexity index is 541. The first-order chi connectivity index (χ1) is 9.28. The number of ether oxygens (including phenoxy) is 1. The van der Waals surface area contributed by atoms with Crippen LogP contribution in [0.5, 0.6) is 5.75 Å². The van der Waals surface area contributed by atoms with Crippen molar-refractivity contribution in [1.82, 2.24) is 9.97 Å². The number of hydrogen-bond donors (Lipinski definition) is 3. The summed E-state index contributed by atoms with van der Waals surface area (Å²) in [6.07, 6.45) is 2.43. The number of rotatable bonds is 5. The molecule has 0 unspecified atom stereocenters. The molecule has 0 aliphatic heterocycles. The van der Waals surface area contributed by atoms with Crippen molar-refractivity contribution in [3.05, 3.63) is 36.2 Å². The largest absolute Gasteiger partial charge is 0.490 e. The maximum Gasteiger partial charge on any atom is 0.205 e.